The lowest BCUT2D eigenvalue weighted by Gasteiger charge is -2.09. The smallest absolute Gasteiger partial charge is 0.310 e. The van der Waals surface area contributed by atoms with Gasteiger partial charge in [-0.25, -0.2) is 4.98 Å². The number of rotatable bonds is 4. The summed E-state index contributed by atoms with van der Waals surface area (Å²) in [5.74, 6) is -0.187. The fraction of sp³-hybridized carbons (Fsp3) is 0.250. The lowest BCUT2D eigenvalue weighted by atomic mass is 10.0. The molecule has 20 heavy (non-hydrogen) atoms. The molecule has 1 aromatic carbocycles. The molecule has 0 aliphatic heterocycles. The van der Waals surface area contributed by atoms with Gasteiger partial charge in [0.15, 0.2) is 0 Å². The molecule has 1 unspecified atom stereocenters. The maximum atomic E-state index is 10.9. The third kappa shape index (κ3) is 3.15. The van der Waals surface area contributed by atoms with Crippen molar-refractivity contribution in [2.75, 3.05) is 0 Å². The van der Waals surface area contributed by atoms with Crippen LogP contribution >= 0.6 is 0 Å². The number of aliphatic carboxylic acids is 1. The predicted molar refractivity (Wildman–Crippen MR) is 76.3 cm³/mol. The summed E-state index contributed by atoms with van der Waals surface area (Å²) in [6, 6.07) is 8.91. The standard InChI is InChI=1S/C16H17NO3/c1-10-8-15(17-9-11(10)2)20-14-6-4-13(5-7-14)12(3)16(18)19/h4-9,12H,1-3H3,(H,18,19). The van der Waals surface area contributed by atoms with Crippen LogP contribution < -0.4 is 4.74 Å². The van der Waals surface area contributed by atoms with Gasteiger partial charge in [-0.15, -0.1) is 0 Å². The summed E-state index contributed by atoms with van der Waals surface area (Å²) >= 11 is 0. The van der Waals surface area contributed by atoms with Gasteiger partial charge in [-0.1, -0.05) is 12.1 Å². The van der Waals surface area contributed by atoms with Gasteiger partial charge in [0.25, 0.3) is 0 Å². The number of nitrogens with zero attached hydrogens (tertiary/aromatic N) is 1. The number of benzene rings is 1. The van der Waals surface area contributed by atoms with Crippen molar-refractivity contribution in [2.45, 2.75) is 26.7 Å². The highest BCUT2D eigenvalue weighted by Gasteiger charge is 2.13. The molecule has 0 radical (unpaired) electrons. The number of aryl methyl sites for hydroxylation is 2. The first-order valence-electron chi connectivity index (χ1n) is 6.41. The SMILES string of the molecule is Cc1cnc(Oc2ccc(C(C)C(=O)O)cc2)cc1C. The molecular weight excluding hydrogens is 254 g/mol. The van der Waals surface area contributed by atoms with E-state index in [1.807, 2.05) is 19.9 Å². The molecule has 0 bridgehead atoms. The first kappa shape index (κ1) is 14.1. The summed E-state index contributed by atoms with van der Waals surface area (Å²) in [6.45, 7) is 5.65. The zero-order valence-corrected chi connectivity index (χ0v) is 11.8. The van der Waals surface area contributed by atoms with Crippen molar-refractivity contribution in [2.24, 2.45) is 0 Å². The number of carbonyl (C=O) groups is 1. The van der Waals surface area contributed by atoms with E-state index in [-0.39, 0.29) is 0 Å². The fourth-order valence-corrected chi connectivity index (χ4v) is 1.74. The quantitative estimate of drug-likeness (QED) is 0.921. The third-order valence-corrected chi connectivity index (χ3v) is 3.32. The summed E-state index contributed by atoms with van der Waals surface area (Å²) in [7, 11) is 0. The van der Waals surface area contributed by atoms with Gasteiger partial charge in [0.05, 0.1) is 5.92 Å². The Hall–Kier alpha value is -2.36. The van der Waals surface area contributed by atoms with E-state index in [9.17, 15) is 4.79 Å². The molecule has 0 aliphatic carbocycles. The van der Waals surface area contributed by atoms with Gasteiger partial charge in [-0.2, -0.15) is 0 Å². The number of aromatic nitrogens is 1. The Bertz CT molecular complexity index is 620. The lowest BCUT2D eigenvalue weighted by molar-refractivity contribution is -0.138. The van der Waals surface area contributed by atoms with Crippen LogP contribution in [-0.2, 0) is 4.79 Å². The van der Waals surface area contributed by atoms with Gasteiger partial charge in [0, 0.05) is 12.3 Å². The summed E-state index contributed by atoms with van der Waals surface area (Å²) in [5, 5.41) is 8.96. The molecule has 0 spiro atoms. The molecule has 1 heterocycles. The molecule has 0 aliphatic rings. The monoisotopic (exact) mass is 271 g/mol. The van der Waals surface area contributed by atoms with Crippen LogP contribution in [0.1, 0.15) is 29.5 Å². The zero-order chi connectivity index (χ0) is 14.7. The Morgan fingerprint density at radius 1 is 1.20 bits per heavy atom. The van der Waals surface area contributed by atoms with Crippen LogP contribution in [0.15, 0.2) is 36.5 Å². The summed E-state index contributed by atoms with van der Waals surface area (Å²) in [5.41, 5.74) is 2.98. The topological polar surface area (TPSA) is 59.4 Å². The van der Waals surface area contributed by atoms with Crippen LogP contribution in [0, 0.1) is 13.8 Å². The van der Waals surface area contributed by atoms with Gasteiger partial charge in [-0.05, 0) is 49.6 Å². The number of hydrogen-bond acceptors (Lipinski definition) is 3. The second-order valence-corrected chi connectivity index (χ2v) is 4.84. The molecule has 1 aromatic heterocycles. The zero-order valence-electron chi connectivity index (χ0n) is 11.8. The predicted octanol–water partition coefficient (Wildman–Crippen LogP) is 3.68. The molecule has 4 nitrogen and oxygen atoms in total. The summed E-state index contributed by atoms with van der Waals surface area (Å²) < 4.78 is 5.65. The Balaban J connectivity index is 2.14. The number of hydrogen-bond donors (Lipinski definition) is 1. The average Bonchev–Trinajstić information content (AvgIpc) is 2.43. The van der Waals surface area contributed by atoms with E-state index >= 15 is 0 Å². The maximum absolute atomic E-state index is 10.9. The van der Waals surface area contributed by atoms with E-state index < -0.39 is 11.9 Å². The van der Waals surface area contributed by atoms with Crippen molar-refractivity contribution in [1.82, 2.24) is 4.98 Å². The highest BCUT2D eigenvalue weighted by molar-refractivity contribution is 5.75. The number of carboxylic acid groups (broad SMARTS) is 1. The maximum Gasteiger partial charge on any atom is 0.310 e. The molecule has 0 amide bonds. The molecule has 2 aromatic rings. The molecule has 1 N–H and O–H groups in total. The van der Waals surface area contributed by atoms with E-state index in [0.29, 0.717) is 11.6 Å². The highest BCUT2D eigenvalue weighted by atomic mass is 16.5. The van der Waals surface area contributed by atoms with Crippen molar-refractivity contribution in [3.8, 4) is 11.6 Å². The van der Waals surface area contributed by atoms with Gasteiger partial charge in [0.2, 0.25) is 5.88 Å². The second-order valence-electron chi connectivity index (χ2n) is 4.84. The van der Waals surface area contributed by atoms with Crippen LogP contribution in [-0.4, -0.2) is 16.1 Å². The van der Waals surface area contributed by atoms with Crippen LogP contribution in [0.25, 0.3) is 0 Å². The van der Waals surface area contributed by atoms with Crippen LogP contribution in [0.4, 0.5) is 0 Å². The molecule has 4 heteroatoms. The van der Waals surface area contributed by atoms with Gasteiger partial charge >= 0.3 is 5.97 Å². The lowest BCUT2D eigenvalue weighted by Crippen LogP contribution is -2.06. The first-order valence-corrected chi connectivity index (χ1v) is 6.41. The van der Waals surface area contributed by atoms with E-state index in [1.165, 1.54) is 0 Å². The molecule has 0 saturated carbocycles. The van der Waals surface area contributed by atoms with Crippen molar-refractivity contribution in [3.63, 3.8) is 0 Å². The van der Waals surface area contributed by atoms with E-state index in [2.05, 4.69) is 4.98 Å². The van der Waals surface area contributed by atoms with Crippen LogP contribution in [0.5, 0.6) is 11.6 Å². The van der Waals surface area contributed by atoms with Gasteiger partial charge in [-0.3, -0.25) is 4.79 Å². The van der Waals surface area contributed by atoms with Gasteiger partial charge < -0.3 is 9.84 Å². The molecule has 0 fully saturated rings. The Kier molecular flexibility index (Phi) is 4.03. The van der Waals surface area contributed by atoms with Crippen molar-refractivity contribution < 1.29 is 14.6 Å². The normalized spacial score (nSPS) is 11.9. The number of ether oxygens (including phenoxy) is 1. The Labute approximate surface area is 118 Å². The Morgan fingerprint density at radius 2 is 1.85 bits per heavy atom. The molecule has 1 atom stereocenters. The van der Waals surface area contributed by atoms with Gasteiger partial charge in [0.1, 0.15) is 5.75 Å². The van der Waals surface area contributed by atoms with E-state index in [4.69, 9.17) is 9.84 Å². The van der Waals surface area contributed by atoms with Crippen molar-refractivity contribution in [3.05, 3.63) is 53.2 Å². The Morgan fingerprint density at radius 3 is 2.40 bits per heavy atom. The van der Waals surface area contributed by atoms with Crippen molar-refractivity contribution >= 4 is 5.97 Å². The minimum atomic E-state index is -0.838. The third-order valence-electron chi connectivity index (χ3n) is 3.32. The number of carboxylic acids is 1. The average molecular weight is 271 g/mol. The molecule has 104 valence electrons. The fourth-order valence-electron chi connectivity index (χ4n) is 1.74. The van der Waals surface area contributed by atoms with Crippen LogP contribution in [0.3, 0.4) is 0 Å². The minimum Gasteiger partial charge on any atom is -0.481 e. The molecular formula is C16H17NO3. The largest absolute Gasteiger partial charge is 0.481 e. The first-order chi connectivity index (χ1) is 9.47. The summed E-state index contributed by atoms with van der Waals surface area (Å²) in [4.78, 5) is 15.1. The van der Waals surface area contributed by atoms with Crippen LogP contribution in [0.2, 0.25) is 0 Å². The minimum absolute atomic E-state index is 0.524. The van der Waals surface area contributed by atoms with E-state index in [1.54, 1.807) is 37.4 Å². The van der Waals surface area contributed by atoms with E-state index in [0.717, 1.165) is 16.7 Å². The molecule has 0 saturated heterocycles. The second kappa shape index (κ2) is 5.74. The van der Waals surface area contributed by atoms with Crippen molar-refractivity contribution in [1.29, 1.82) is 0 Å². The molecule has 2 rings (SSSR count). The summed E-state index contributed by atoms with van der Waals surface area (Å²) in [6.07, 6.45) is 1.77. The number of pyridine rings is 1. The highest BCUT2D eigenvalue weighted by Crippen LogP contribution is 2.24.